The highest BCUT2D eigenvalue weighted by Crippen LogP contribution is 2.20. The molecule has 0 spiro atoms. The summed E-state index contributed by atoms with van der Waals surface area (Å²) in [6, 6.07) is 9.18. The maximum atomic E-state index is 13.2. The van der Waals surface area contributed by atoms with Crippen LogP contribution in [0.25, 0.3) is 11.0 Å². The molecular formula is C24H27FN6O3. The van der Waals surface area contributed by atoms with Crippen LogP contribution < -0.4 is 10.6 Å². The van der Waals surface area contributed by atoms with Crippen LogP contribution in [0.2, 0.25) is 0 Å². The number of para-hydroxylation sites is 2. The molecule has 9 nitrogen and oxygen atoms in total. The van der Waals surface area contributed by atoms with Gasteiger partial charge in [0.15, 0.2) is 5.69 Å². The first kappa shape index (κ1) is 23.3. The minimum atomic E-state index is -0.775. The first-order valence-corrected chi connectivity index (χ1v) is 11.3. The largest absolute Gasteiger partial charge is 0.492 e. The fourth-order valence-electron chi connectivity index (χ4n) is 3.98. The third kappa shape index (κ3) is 5.22. The predicted octanol–water partition coefficient (Wildman–Crippen LogP) is 2.73. The van der Waals surface area contributed by atoms with E-state index in [0.29, 0.717) is 42.8 Å². The van der Waals surface area contributed by atoms with Gasteiger partial charge in [0.05, 0.1) is 17.2 Å². The van der Waals surface area contributed by atoms with E-state index in [2.05, 4.69) is 25.6 Å². The lowest BCUT2D eigenvalue weighted by molar-refractivity contribution is -0.135. The normalized spacial score (nSPS) is 15.4. The number of pyridine rings is 1. The Balaban J connectivity index is 1.39. The number of fused-ring (bicyclic) bond motifs is 1. The molecule has 10 heteroatoms. The van der Waals surface area contributed by atoms with Gasteiger partial charge >= 0.3 is 0 Å². The summed E-state index contributed by atoms with van der Waals surface area (Å²) in [6.45, 7) is 4.72. The highest BCUT2D eigenvalue weighted by molar-refractivity contribution is 5.99. The van der Waals surface area contributed by atoms with E-state index in [1.807, 2.05) is 13.8 Å². The van der Waals surface area contributed by atoms with E-state index in [4.69, 9.17) is 0 Å². The summed E-state index contributed by atoms with van der Waals surface area (Å²) in [5, 5.41) is 16.2. The number of hydrogen-bond acceptors (Lipinski definition) is 7. The maximum absolute atomic E-state index is 13.2. The number of amides is 2. The van der Waals surface area contributed by atoms with Gasteiger partial charge in [0.25, 0.3) is 5.91 Å². The Hall–Kier alpha value is -3.82. The van der Waals surface area contributed by atoms with E-state index >= 15 is 0 Å². The number of aromatic nitrogens is 3. The Morgan fingerprint density at radius 1 is 1.09 bits per heavy atom. The van der Waals surface area contributed by atoms with E-state index in [1.165, 1.54) is 6.07 Å². The summed E-state index contributed by atoms with van der Waals surface area (Å²) in [4.78, 5) is 40.2. The van der Waals surface area contributed by atoms with Crippen molar-refractivity contribution in [2.45, 2.75) is 38.8 Å². The SMILES string of the molecule is CC(C)[C@H](NC(=O)c1nc2ccccc2nc1O)C(=O)N1CCC(Nc2ccc(F)cn2)CC1. The fourth-order valence-corrected chi connectivity index (χ4v) is 3.98. The van der Waals surface area contributed by atoms with Crippen LogP contribution >= 0.6 is 0 Å². The molecule has 0 aliphatic carbocycles. The minimum Gasteiger partial charge on any atom is -0.492 e. The van der Waals surface area contributed by atoms with Crippen LogP contribution in [0.4, 0.5) is 10.2 Å². The van der Waals surface area contributed by atoms with E-state index < -0.39 is 23.6 Å². The average Bonchev–Trinajstić information content (AvgIpc) is 2.83. The lowest BCUT2D eigenvalue weighted by Crippen LogP contribution is -2.54. The number of piperidine rings is 1. The van der Waals surface area contributed by atoms with Crippen molar-refractivity contribution in [3.63, 3.8) is 0 Å². The molecule has 178 valence electrons. The van der Waals surface area contributed by atoms with E-state index in [1.54, 1.807) is 35.2 Å². The minimum absolute atomic E-state index is 0.110. The standard InChI is InChI=1S/C24H27FN6O3/c1-14(2)20(30-23(33)21-22(32)29-18-6-4-3-5-17(18)28-21)24(34)31-11-9-16(10-12-31)27-19-8-7-15(25)13-26-19/h3-8,13-14,16,20H,9-12H2,1-2H3,(H,26,27)(H,29,32)(H,30,33)/t20-/m0/s1. The highest BCUT2D eigenvalue weighted by Gasteiger charge is 2.32. The van der Waals surface area contributed by atoms with Gasteiger partial charge in [0.2, 0.25) is 11.8 Å². The summed E-state index contributed by atoms with van der Waals surface area (Å²) >= 11 is 0. The van der Waals surface area contributed by atoms with E-state index in [-0.39, 0.29) is 23.6 Å². The third-order valence-corrected chi connectivity index (χ3v) is 5.87. The Kier molecular flexibility index (Phi) is 6.85. The van der Waals surface area contributed by atoms with Crippen LogP contribution in [0.1, 0.15) is 37.2 Å². The third-order valence-electron chi connectivity index (χ3n) is 5.87. The Morgan fingerprint density at radius 2 is 1.76 bits per heavy atom. The molecule has 1 aliphatic rings. The Labute approximate surface area is 196 Å². The first-order chi connectivity index (χ1) is 16.3. The molecule has 0 saturated carbocycles. The molecule has 0 bridgehead atoms. The van der Waals surface area contributed by atoms with Crippen molar-refractivity contribution in [3.05, 3.63) is 54.1 Å². The number of hydrogen-bond donors (Lipinski definition) is 3. The molecule has 3 N–H and O–H groups in total. The molecule has 2 amide bonds. The zero-order chi connectivity index (χ0) is 24.2. The molecule has 2 aromatic heterocycles. The van der Waals surface area contributed by atoms with Gasteiger partial charge in [-0.15, -0.1) is 0 Å². The summed E-state index contributed by atoms with van der Waals surface area (Å²) < 4.78 is 13.1. The van der Waals surface area contributed by atoms with Crippen LogP contribution in [0.5, 0.6) is 5.88 Å². The summed E-state index contributed by atoms with van der Waals surface area (Å²) in [7, 11) is 0. The van der Waals surface area contributed by atoms with Gasteiger partial charge in [-0.3, -0.25) is 9.59 Å². The molecule has 1 atom stereocenters. The molecule has 3 heterocycles. The molecule has 1 aliphatic heterocycles. The number of nitrogens with zero attached hydrogens (tertiary/aromatic N) is 4. The molecule has 0 radical (unpaired) electrons. The lowest BCUT2D eigenvalue weighted by Gasteiger charge is -2.35. The van der Waals surface area contributed by atoms with E-state index in [0.717, 1.165) is 6.20 Å². The molecule has 0 unspecified atom stereocenters. The fraction of sp³-hybridized carbons (Fsp3) is 0.375. The Morgan fingerprint density at radius 3 is 2.38 bits per heavy atom. The number of aromatic hydroxyl groups is 1. The monoisotopic (exact) mass is 466 g/mol. The topological polar surface area (TPSA) is 120 Å². The van der Waals surface area contributed by atoms with Gasteiger partial charge < -0.3 is 20.6 Å². The molecule has 3 aromatic rings. The van der Waals surface area contributed by atoms with Crippen molar-refractivity contribution >= 4 is 28.7 Å². The second-order valence-corrected chi connectivity index (χ2v) is 8.69. The van der Waals surface area contributed by atoms with Crippen molar-refractivity contribution in [1.29, 1.82) is 0 Å². The highest BCUT2D eigenvalue weighted by atomic mass is 19.1. The van der Waals surface area contributed by atoms with Crippen LogP contribution in [-0.4, -0.2) is 61.9 Å². The zero-order valence-electron chi connectivity index (χ0n) is 19.0. The summed E-state index contributed by atoms with van der Waals surface area (Å²) in [6.07, 6.45) is 2.55. The molecule has 34 heavy (non-hydrogen) atoms. The molecule has 1 fully saturated rings. The van der Waals surface area contributed by atoms with Crippen LogP contribution in [0.3, 0.4) is 0 Å². The maximum Gasteiger partial charge on any atom is 0.276 e. The number of likely N-dealkylation sites (tertiary alicyclic amines) is 1. The first-order valence-electron chi connectivity index (χ1n) is 11.3. The van der Waals surface area contributed by atoms with Gasteiger partial charge in [0, 0.05) is 19.1 Å². The van der Waals surface area contributed by atoms with Crippen molar-refractivity contribution in [2.75, 3.05) is 18.4 Å². The number of rotatable bonds is 6. The van der Waals surface area contributed by atoms with Gasteiger partial charge in [-0.25, -0.2) is 19.3 Å². The number of carbonyl (C=O) groups is 2. The van der Waals surface area contributed by atoms with Crippen LogP contribution in [0, 0.1) is 11.7 Å². The lowest BCUT2D eigenvalue weighted by atomic mass is 9.99. The quantitative estimate of drug-likeness (QED) is 0.511. The second-order valence-electron chi connectivity index (χ2n) is 8.69. The smallest absolute Gasteiger partial charge is 0.276 e. The van der Waals surface area contributed by atoms with E-state index in [9.17, 15) is 19.1 Å². The molecule has 4 rings (SSSR count). The second kappa shape index (κ2) is 9.98. The van der Waals surface area contributed by atoms with Crippen LogP contribution in [0.15, 0.2) is 42.6 Å². The van der Waals surface area contributed by atoms with Gasteiger partial charge in [-0.05, 0) is 43.0 Å². The average molecular weight is 467 g/mol. The van der Waals surface area contributed by atoms with Crippen molar-refractivity contribution in [2.24, 2.45) is 5.92 Å². The van der Waals surface area contributed by atoms with Gasteiger partial charge in [-0.1, -0.05) is 26.0 Å². The molecular weight excluding hydrogens is 439 g/mol. The number of anilines is 1. The van der Waals surface area contributed by atoms with Gasteiger partial charge in [0.1, 0.15) is 17.7 Å². The van der Waals surface area contributed by atoms with Crippen molar-refractivity contribution in [3.8, 4) is 5.88 Å². The van der Waals surface area contributed by atoms with Crippen molar-refractivity contribution in [1.82, 2.24) is 25.2 Å². The van der Waals surface area contributed by atoms with Crippen LogP contribution in [-0.2, 0) is 4.79 Å². The summed E-state index contributed by atoms with van der Waals surface area (Å²) in [5.74, 6) is -1.29. The molecule has 1 aromatic carbocycles. The molecule has 1 saturated heterocycles. The number of benzene rings is 1. The van der Waals surface area contributed by atoms with Gasteiger partial charge in [-0.2, -0.15) is 0 Å². The number of nitrogens with one attached hydrogen (secondary N) is 2. The number of carbonyl (C=O) groups excluding carboxylic acids is 2. The predicted molar refractivity (Wildman–Crippen MR) is 125 cm³/mol. The summed E-state index contributed by atoms with van der Waals surface area (Å²) in [5.41, 5.74) is 0.732. The van der Waals surface area contributed by atoms with Crippen molar-refractivity contribution < 1.29 is 19.1 Å². The Bertz CT molecular complexity index is 1180. The number of halogens is 1. The zero-order valence-corrected chi connectivity index (χ0v) is 19.0.